The molecule has 2 aliphatic heterocycles. The van der Waals surface area contributed by atoms with Gasteiger partial charge < -0.3 is 15.1 Å². The van der Waals surface area contributed by atoms with Gasteiger partial charge in [0.05, 0.1) is 0 Å². The molecule has 0 radical (unpaired) electrons. The average Bonchev–Trinajstić information content (AvgIpc) is 2.74. The molecule has 3 aliphatic rings. The molecule has 3 fully saturated rings. The van der Waals surface area contributed by atoms with Gasteiger partial charge in [0, 0.05) is 45.3 Å². The lowest BCUT2D eigenvalue weighted by atomic mass is 10.1. The van der Waals surface area contributed by atoms with E-state index in [-0.39, 0.29) is 0 Å². The highest BCUT2D eigenvalue weighted by molar-refractivity contribution is 4.84. The van der Waals surface area contributed by atoms with Gasteiger partial charge in [-0.15, -0.1) is 0 Å². The van der Waals surface area contributed by atoms with E-state index in [1.54, 1.807) is 0 Å². The Morgan fingerprint density at radius 1 is 0.842 bits per heavy atom. The maximum absolute atomic E-state index is 3.45. The number of likely N-dealkylation sites (tertiary alicyclic amines) is 1. The summed E-state index contributed by atoms with van der Waals surface area (Å²) in [6, 6.07) is 0.926. The Morgan fingerprint density at radius 2 is 1.58 bits per heavy atom. The van der Waals surface area contributed by atoms with Crippen LogP contribution in [-0.2, 0) is 0 Å². The predicted octanol–water partition coefficient (Wildman–Crippen LogP) is 1.94. The summed E-state index contributed by atoms with van der Waals surface area (Å²) >= 11 is 0. The number of rotatable bonds is 3. The first-order chi connectivity index (χ1) is 9.42. The molecule has 0 amide bonds. The van der Waals surface area contributed by atoms with E-state index in [2.05, 4.69) is 15.1 Å². The first kappa shape index (κ1) is 13.8. The monoisotopic (exact) mass is 265 g/mol. The van der Waals surface area contributed by atoms with Crippen LogP contribution in [0.4, 0.5) is 0 Å². The number of hydrogen-bond donors (Lipinski definition) is 1. The Labute approximate surface area is 118 Å². The third-order valence-corrected chi connectivity index (χ3v) is 5.38. The van der Waals surface area contributed by atoms with Crippen LogP contribution < -0.4 is 5.32 Å². The fraction of sp³-hybridized carbons (Fsp3) is 1.00. The molecule has 1 saturated carbocycles. The van der Waals surface area contributed by atoms with Crippen LogP contribution >= 0.6 is 0 Å². The van der Waals surface area contributed by atoms with Gasteiger partial charge in [-0.05, 0) is 31.7 Å². The third kappa shape index (κ3) is 3.93. The lowest BCUT2D eigenvalue weighted by molar-refractivity contribution is 0.183. The molecule has 0 aromatic heterocycles. The highest BCUT2D eigenvalue weighted by Crippen LogP contribution is 2.27. The molecule has 3 rings (SSSR count). The van der Waals surface area contributed by atoms with E-state index in [1.807, 2.05) is 0 Å². The molecule has 3 heteroatoms. The molecule has 1 atom stereocenters. The lowest BCUT2D eigenvalue weighted by Crippen LogP contribution is -2.45. The van der Waals surface area contributed by atoms with Crippen molar-refractivity contribution >= 4 is 0 Å². The zero-order valence-corrected chi connectivity index (χ0v) is 12.4. The zero-order valence-electron chi connectivity index (χ0n) is 12.4. The van der Waals surface area contributed by atoms with Crippen LogP contribution in [-0.4, -0.2) is 61.7 Å². The van der Waals surface area contributed by atoms with Gasteiger partial charge in [0.1, 0.15) is 0 Å². The van der Waals surface area contributed by atoms with Gasteiger partial charge in [0.2, 0.25) is 0 Å². The second kappa shape index (κ2) is 7.05. The predicted molar refractivity (Wildman–Crippen MR) is 80.5 cm³/mol. The minimum absolute atomic E-state index is 0.926. The SMILES string of the molecule is C1CCCC(N2CCC(CN3CCNCC3)C2)CC1. The molecule has 110 valence electrons. The lowest BCUT2D eigenvalue weighted by Gasteiger charge is -2.30. The summed E-state index contributed by atoms with van der Waals surface area (Å²) < 4.78 is 0. The normalized spacial score (nSPS) is 32.5. The topological polar surface area (TPSA) is 18.5 Å². The van der Waals surface area contributed by atoms with Crippen LogP contribution in [0.3, 0.4) is 0 Å². The minimum atomic E-state index is 0.926. The van der Waals surface area contributed by atoms with Crippen LogP contribution in [0.2, 0.25) is 0 Å². The highest BCUT2D eigenvalue weighted by Gasteiger charge is 2.29. The molecule has 2 heterocycles. The van der Waals surface area contributed by atoms with E-state index >= 15 is 0 Å². The van der Waals surface area contributed by atoms with Crippen molar-refractivity contribution in [3.63, 3.8) is 0 Å². The van der Waals surface area contributed by atoms with Crippen molar-refractivity contribution in [1.82, 2.24) is 15.1 Å². The molecule has 3 nitrogen and oxygen atoms in total. The number of nitrogens with zero attached hydrogens (tertiary/aromatic N) is 2. The largest absolute Gasteiger partial charge is 0.314 e. The molecule has 19 heavy (non-hydrogen) atoms. The summed E-state index contributed by atoms with van der Waals surface area (Å²) in [7, 11) is 0. The van der Waals surface area contributed by atoms with Crippen molar-refractivity contribution in [2.45, 2.75) is 51.0 Å². The number of nitrogens with one attached hydrogen (secondary N) is 1. The number of piperazine rings is 1. The van der Waals surface area contributed by atoms with Gasteiger partial charge in [0.25, 0.3) is 0 Å². The van der Waals surface area contributed by atoms with Crippen molar-refractivity contribution in [3.05, 3.63) is 0 Å². The van der Waals surface area contributed by atoms with Gasteiger partial charge in [-0.2, -0.15) is 0 Å². The molecular weight excluding hydrogens is 234 g/mol. The maximum Gasteiger partial charge on any atom is 0.0107 e. The third-order valence-electron chi connectivity index (χ3n) is 5.38. The molecule has 1 unspecified atom stereocenters. The van der Waals surface area contributed by atoms with E-state index in [0.29, 0.717) is 0 Å². The van der Waals surface area contributed by atoms with Gasteiger partial charge in [-0.3, -0.25) is 0 Å². The van der Waals surface area contributed by atoms with Gasteiger partial charge in [0.15, 0.2) is 0 Å². The Kier molecular flexibility index (Phi) is 5.14. The smallest absolute Gasteiger partial charge is 0.0107 e. The summed E-state index contributed by atoms with van der Waals surface area (Å²) in [5, 5.41) is 3.45. The molecule has 0 spiro atoms. The first-order valence-electron chi connectivity index (χ1n) is 8.59. The summed E-state index contributed by atoms with van der Waals surface area (Å²) in [4.78, 5) is 5.51. The molecular formula is C16H31N3. The minimum Gasteiger partial charge on any atom is -0.314 e. The van der Waals surface area contributed by atoms with Crippen LogP contribution in [0, 0.1) is 5.92 Å². The summed E-state index contributed by atoms with van der Waals surface area (Å²) in [5.74, 6) is 0.946. The Balaban J connectivity index is 1.43. The van der Waals surface area contributed by atoms with Crippen LogP contribution in [0.25, 0.3) is 0 Å². The average molecular weight is 265 g/mol. The van der Waals surface area contributed by atoms with Crippen LogP contribution in [0.1, 0.15) is 44.9 Å². The molecule has 1 N–H and O–H groups in total. The van der Waals surface area contributed by atoms with Crippen LogP contribution in [0.5, 0.6) is 0 Å². The Hall–Kier alpha value is -0.120. The second-order valence-electron chi connectivity index (χ2n) is 6.85. The van der Waals surface area contributed by atoms with E-state index in [0.717, 1.165) is 12.0 Å². The van der Waals surface area contributed by atoms with Crippen molar-refractivity contribution in [2.75, 3.05) is 45.8 Å². The Bertz CT molecular complexity index is 255. The Morgan fingerprint density at radius 3 is 2.32 bits per heavy atom. The van der Waals surface area contributed by atoms with Crippen molar-refractivity contribution in [1.29, 1.82) is 0 Å². The van der Waals surface area contributed by atoms with E-state index < -0.39 is 0 Å². The summed E-state index contributed by atoms with van der Waals surface area (Å²) in [5.41, 5.74) is 0. The molecule has 0 aromatic rings. The highest BCUT2D eigenvalue weighted by atomic mass is 15.2. The fourth-order valence-corrected chi connectivity index (χ4v) is 4.23. The number of hydrogen-bond acceptors (Lipinski definition) is 3. The fourth-order valence-electron chi connectivity index (χ4n) is 4.23. The van der Waals surface area contributed by atoms with Crippen molar-refractivity contribution in [3.8, 4) is 0 Å². The van der Waals surface area contributed by atoms with Gasteiger partial charge in [-0.25, -0.2) is 0 Å². The van der Waals surface area contributed by atoms with Gasteiger partial charge >= 0.3 is 0 Å². The van der Waals surface area contributed by atoms with Gasteiger partial charge in [-0.1, -0.05) is 25.7 Å². The maximum atomic E-state index is 3.45. The van der Waals surface area contributed by atoms with E-state index in [4.69, 9.17) is 0 Å². The van der Waals surface area contributed by atoms with E-state index in [1.165, 1.54) is 90.8 Å². The summed E-state index contributed by atoms with van der Waals surface area (Å²) in [6.45, 7) is 9.03. The second-order valence-corrected chi connectivity index (χ2v) is 6.85. The van der Waals surface area contributed by atoms with Crippen molar-refractivity contribution in [2.24, 2.45) is 5.92 Å². The molecule has 2 saturated heterocycles. The zero-order chi connectivity index (χ0) is 12.9. The molecule has 1 aliphatic carbocycles. The quantitative estimate of drug-likeness (QED) is 0.787. The summed E-state index contributed by atoms with van der Waals surface area (Å²) in [6.07, 6.45) is 10.3. The first-order valence-corrected chi connectivity index (χ1v) is 8.59. The van der Waals surface area contributed by atoms with E-state index in [9.17, 15) is 0 Å². The van der Waals surface area contributed by atoms with Crippen LogP contribution in [0.15, 0.2) is 0 Å². The molecule has 0 bridgehead atoms. The van der Waals surface area contributed by atoms with Crippen molar-refractivity contribution < 1.29 is 0 Å². The molecule has 0 aromatic carbocycles. The standard InChI is InChI=1S/C16H31N3/c1-2-4-6-16(5-3-1)19-10-7-15(14-19)13-18-11-8-17-9-12-18/h15-17H,1-14H2.